The van der Waals surface area contributed by atoms with Crippen LogP contribution in [0.15, 0.2) is 24.3 Å². The number of aliphatic hydroxyl groups excluding tert-OH is 1. The Morgan fingerprint density at radius 2 is 1.97 bits per heavy atom. The number of piperidine rings is 1. The summed E-state index contributed by atoms with van der Waals surface area (Å²) in [6.07, 6.45) is 3.92. The molecule has 2 amide bonds. The van der Waals surface area contributed by atoms with Crippen LogP contribution in [0.25, 0.3) is 10.9 Å². The van der Waals surface area contributed by atoms with Crippen LogP contribution < -0.4 is 16.0 Å². The van der Waals surface area contributed by atoms with Crippen LogP contribution in [0.1, 0.15) is 54.6 Å². The van der Waals surface area contributed by atoms with Gasteiger partial charge in [-0.15, -0.1) is 0 Å². The van der Waals surface area contributed by atoms with Crippen LogP contribution in [-0.4, -0.2) is 46.8 Å². The molecular formula is C24H28N6O3. The zero-order valence-corrected chi connectivity index (χ0v) is 18.3. The maximum Gasteiger partial charge on any atom is 0.268 e. The minimum Gasteiger partial charge on any atom is -0.378 e. The van der Waals surface area contributed by atoms with Crippen molar-refractivity contribution in [3.05, 3.63) is 35.5 Å². The zero-order chi connectivity index (χ0) is 23.4. The van der Waals surface area contributed by atoms with Crippen LogP contribution in [0.5, 0.6) is 0 Å². The van der Waals surface area contributed by atoms with Gasteiger partial charge in [0.05, 0.1) is 17.7 Å². The summed E-state index contributed by atoms with van der Waals surface area (Å²) in [6, 6.07) is 9.47. The zero-order valence-electron chi connectivity index (χ0n) is 18.3. The third-order valence-corrected chi connectivity index (χ3v) is 6.44. The van der Waals surface area contributed by atoms with E-state index in [1.165, 1.54) is 0 Å². The second kappa shape index (κ2) is 10.0. The first kappa shape index (κ1) is 22.8. The number of benzene rings is 1. The standard InChI is InChI=1S/C24H28N6O3/c25-12-15-5-6-19-17(8-15)11-21(29-19)24(33)30-20(9-14-3-4-14)23(32)28-18(13-26)10-16-2-1-7-27-22(16)31/h5-6,8,11,14,16,18,20,22,27,29,31H,1-4,7,9-10H2,(H,28,32)(H,30,33). The van der Waals surface area contributed by atoms with Gasteiger partial charge in [-0.3, -0.25) is 14.9 Å². The number of aliphatic hydroxyl groups is 1. The van der Waals surface area contributed by atoms with Gasteiger partial charge >= 0.3 is 0 Å². The second-order valence-electron chi connectivity index (χ2n) is 9.03. The lowest BCUT2D eigenvalue weighted by Crippen LogP contribution is -2.51. The summed E-state index contributed by atoms with van der Waals surface area (Å²) in [5.41, 5.74) is 1.54. The molecule has 9 nitrogen and oxygen atoms in total. The number of fused-ring (bicyclic) bond motifs is 1. The van der Waals surface area contributed by atoms with E-state index < -0.39 is 24.2 Å². The molecule has 4 unspecified atom stereocenters. The average Bonchev–Trinajstić information content (AvgIpc) is 3.53. The number of H-pyrrole nitrogens is 1. The number of hydrogen-bond donors (Lipinski definition) is 5. The highest BCUT2D eigenvalue weighted by Crippen LogP contribution is 2.33. The van der Waals surface area contributed by atoms with Crippen molar-refractivity contribution in [1.82, 2.24) is 20.9 Å². The summed E-state index contributed by atoms with van der Waals surface area (Å²) in [7, 11) is 0. The number of aromatic nitrogens is 1. The summed E-state index contributed by atoms with van der Waals surface area (Å²) < 4.78 is 0. The molecule has 4 atom stereocenters. The predicted molar refractivity (Wildman–Crippen MR) is 121 cm³/mol. The Hall–Kier alpha value is -3.40. The maximum absolute atomic E-state index is 13.0. The largest absolute Gasteiger partial charge is 0.378 e. The highest BCUT2D eigenvalue weighted by Gasteiger charge is 2.33. The monoisotopic (exact) mass is 448 g/mol. The molecule has 0 radical (unpaired) electrons. The Kier molecular flexibility index (Phi) is 6.93. The normalized spacial score (nSPS) is 22.0. The van der Waals surface area contributed by atoms with E-state index in [0.29, 0.717) is 30.0 Å². The minimum absolute atomic E-state index is 0.107. The van der Waals surface area contributed by atoms with E-state index in [1.54, 1.807) is 24.3 Å². The van der Waals surface area contributed by atoms with E-state index in [1.807, 2.05) is 0 Å². The van der Waals surface area contributed by atoms with Crippen LogP contribution in [0.3, 0.4) is 0 Å². The Morgan fingerprint density at radius 3 is 2.67 bits per heavy atom. The number of carbonyl (C=O) groups is 2. The topological polar surface area (TPSA) is 154 Å². The molecule has 0 bridgehead atoms. The van der Waals surface area contributed by atoms with Crippen LogP contribution >= 0.6 is 0 Å². The molecule has 2 aromatic rings. The van der Waals surface area contributed by atoms with Crippen molar-refractivity contribution in [2.24, 2.45) is 11.8 Å². The van der Waals surface area contributed by atoms with Crippen molar-refractivity contribution in [2.75, 3.05) is 6.54 Å². The molecule has 2 fully saturated rings. The van der Waals surface area contributed by atoms with Crippen molar-refractivity contribution in [1.29, 1.82) is 10.5 Å². The van der Waals surface area contributed by atoms with E-state index in [-0.39, 0.29) is 11.8 Å². The van der Waals surface area contributed by atoms with E-state index in [0.717, 1.165) is 43.1 Å². The number of nitriles is 2. The Balaban J connectivity index is 1.42. The number of rotatable bonds is 8. The fraction of sp³-hybridized carbons (Fsp3) is 0.500. The molecule has 0 spiro atoms. The van der Waals surface area contributed by atoms with Gasteiger partial charge in [0.15, 0.2) is 0 Å². The van der Waals surface area contributed by atoms with Crippen molar-refractivity contribution in [3.63, 3.8) is 0 Å². The Labute approximate surface area is 192 Å². The highest BCUT2D eigenvalue weighted by atomic mass is 16.3. The van der Waals surface area contributed by atoms with E-state index >= 15 is 0 Å². The number of hydrogen-bond acceptors (Lipinski definition) is 6. The Morgan fingerprint density at radius 1 is 1.15 bits per heavy atom. The van der Waals surface area contributed by atoms with Gasteiger partial charge < -0.3 is 20.7 Å². The molecule has 1 aliphatic carbocycles. The number of aromatic amines is 1. The molecule has 1 aromatic carbocycles. The molecule has 172 valence electrons. The van der Waals surface area contributed by atoms with Gasteiger partial charge in [0.2, 0.25) is 5.91 Å². The third-order valence-electron chi connectivity index (χ3n) is 6.44. The molecular weight excluding hydrogens is 420 g/mol. The van der Waals surface area contributed by atoms with Gasteiger partial charge in [0.1, 0.15) is 24.0 Å². The summed E-state index contributed by atoms with van der Waals surface area (Å²) in [5, 5.41) is 38.1. The summed E-state index contributed by atoms with van der Waals surface area (Å²) in [6.45, 7) is 0.738. The summed E-state index contributed by atoms with van der Waals surface area (Å²) in [5.74, 6) is -0.523. The molecule has 1 saturated carbocycles. The number of nitrogens with zero attached hydrogens (tertiary/aromatic N) is 2. The number of nitrogens with one attached hydrogen (secondary N) is 4. The van der Waals surface area contributed by atoms with Gasteiger partial charge in [-0.25, -0.2) is 0 Å². The average molecular weight is 449 g/mol. The van der Waals surface area contributed by atoms with E-state index in [2.05, 4.69) is 33.1 Å². The lowest BCUT2D eigenvalue weighted by molar-refractivity contribution is -0.123. The molecule has 1 aliphatic heterocycles. The van der Waals surface area contributed by atoms with Gasteiger partial charge in [-0.1, -0.05) is 12.8 Å². The summed E-state index contributed by atoms with van der Waals surface area (Å²) >= 11 is 0. The van der Waals surface area contributed by atoms with E-state index in [9.17, 15) is 20.0 Å². The maximum atomic E-state index is 13.0. The molecule has 1 saturated heterocycles. The molecule has 33 heavy (non-hydrogen) atoms. The van der Waals surface area contributed by atoms with Crippen LogP contribution in [0.2, 0.25) is 0 Å². The first-order valence-electron chi connectivity index (χ1n) is 11.4. The predicted octanol–water partition coefficient (Wildman–Crippen LogP) is 1.65. The van der Waals surface area contributed by atoms with Crippen molar-refractivity contribution < 1.29 is 14.7 Å². The minimum atomic E-state index is -0.753. The highest BCUT2D eigenvalue weighted by molar-refractivity contribution is 6.00. The smallest absolute Gasteiger partial charge is 0.268 e. The number of amides is 2. The van der Waals surface area contributed by atoms with Crippen molar-refractivity contribution in [2.45, 2.75) is 56.8 Å². The molecule has 2 heterocycles. The van der Waals surface area contributed by atoms with Gasteiger partial charge in [0.25, 0.3) is 5.91 Å². The molecule has 4 rings (SSSR count). The first-order chi connectivity index (χ1) is 16.0. The van der Waals surface area contributed by atoms with E-state index in [4.69, 9.17) is 5.26 Å². The SMILES string of the molecule is N#Cc1ccc2[nH]c(C(=O)NC(CC3CC3)C(=O)NC(C#N)CC3CCCNC3O)cc2c1. The van der Waals surface area contributed by atoms with Crippen LogP contribution in [0.4, 0.5) is 0 Å². The van der Waals surface area contributed by atoms with Crippen LogP contribution in [0, 0.1) is 34.5 Å². The van der Waals surface area contributed by atoms with Gasteiger partial charge in [-0.2, -0.15) is 10.5 Å². The Bertz CT molecular complexity index is 1110. The molecule has 1 aromatic heterocycles. The number of carbonyl (C=O) groups excluding carboxylic acids is 2. The van der Waals surface area contributed by atoms with Crippen molar-refractivity contribution in [3.8, 4) is 12.1 Å². The fourth-order valence-corrected chi connectivity index (χ4v) is 4.38. The molecule has 9 heteroatoms. The lowest BCUT2D eigenvalue weighted by Gasteiger charge is -2.30. The quantitative estimate of drug-likeness (QED) is 0.414. The second-order valence-corrected chi connectivity index (χ2v) is 9.03. The fourth-order valence-electron chi connectivity index (χ4n) is 4.38. The van der Waals surface area contributed by atoms with Crippen LogP contribution in [-0.2, 0) is 4.79 Å². The van der Waals surface area contributed by atoms with Gasteiger partial charge in [0, 0.05) is 16.8 Å². The lowest BCUT2D eigenvalue weighted by atomic mass is 9.91. The first-order valence-corrected chi connectivity index (χ1v) is 11.4. The van der Waals surface area contributed by atoms with Gasteiger partial charge in [-0.05, 0) is 62.4 Å². The molecule has 2 aliphatic rings. The molecule has 5 N–H and O–H groups in total. The van der Waals surface area contributed by atoms with Crippen molar-refractivity contribution >= 4 is 22.7 Å². The third kappa shape index (κ3) is 5.70. The summed E-state index contributed by atoms with van der Waals surface area (Å²) in [4.78, 5) is 29.0.